The average molecular weight is 555 g/mol. The van der Waals surface area contributed by atoms with Crippen LogP contribution in [0.3, 0.4) is 0 Å². The zero-order chi connectivity index (χ0) is 29.1. The highest BCUT2D eigenvalue weighted by Gasteiger charge is 2.22. The van der Waals surface area contributed by atoms with Gasteiger partial charge in [-0.2, -0.15) is 0 Å². The van der Waals surface area contributed by atoms with Gasteiger partial charge in [-0.3, -0.25) is 0 Å². The fourth-order valence-corrected chi connectivity index (χ4v) is 5.25. The molecule has 0 radical (unpaired) electrons. The van der Waals surface area contributed by atoms with Crippen LogP contribution >= 0.6 is 0 Å². The number of hydrogen-bond acceptors (Lipinski definition) is 4. The van der Waals surface area contributed by atoms with Crippen LogP contribution in [0, 0.1) is 0 Å². The van der Waals surface area contributed by atoms with Gasteiger partial charge in [0.25, 0.3) is 0 Å². The maximum Gasteiger partial charge on any atom is 0.341 e. The number of hydrogen-bond donors (Lipinski definition) is 2. The van der Waals surface area contributed by atoms with Gasteiger partial charge < -0.3 is 19.7 Å². The number of carboxylic acids is 2. The number of fused-ring (bicyclic) bond motifs is 2. The lowest BCUT2D eigenvalue weighted by Gasteiger charge is -2.20. The van der Waals surface area contributed by atoms with Crippen molar-refractivity contribution in [2.75, 3.05) is 13.2 Å². The topological polar surface area (TPSA) is 93.1 Å². The predicted molar refractivity (Wildman–Crippen MR) is 164 cm³/mol. The molecule has 0 saturated heterocycles. The molecule has 0 spiro atoms. The number of ether oxygens (including phenoxy) is 2. The number of aliphatic carboxylic acids is 2. The van der Waals surface area contributed by atoms with Gasteiger partial charge in [0.05, 0.1) is 0 Å². The van der Waals surface area contributed by atoms with Gasteiger partial charge in [-0.15, -0.1) is 0 Å². The van der Waals surface area contributed by atoms with Crippen molar-refractivity contribution < 1.29 is 29.3 Å². The van der Waals surface area contributed by atoms with Crippen LogP contribution in [0.15, 0.2) is 121 Å². The van der Waals surface area contributed by atoms with E-state index in [9.17, 15) is 19.8 Å². The summed E-state index contributed by atoms with van der Waals surface area (Å²) in [6.45, 7) is -1.23. The Balaban J connectivity index is 1.68. The second-order valence-electron chi connectivity index (χ2n) is 9.85. The summed E-state index contributed by atoms with van der Waals surface area (Å²) in [5, 5.41) is 22.4. The summed E-state index contributed by atoms with van der Waals surface area (Å²) >= 11 is 0. The number of benzene rings is 6. The van der Waals surface area contributed by atoms with E-state index in [1.165, 1.54) is 0 Å². The van der Waals surface area contributed by atoms with Crippen molar-refractivity contribution in [2.45, 2.75) is 0 Å². The fourth-order valence-electron chi connectivity index (χ4n) is 5.25. The van der Waals surface area contributed by atoms with Gasteiger partial charge in [-0.05, 0) is 67.6 Å². The fraction of sp³-hybridized carbons (Fsp3) is 0.0556. The van der Waals surface area contributed by atoms with Crippen LogP contribution in [0.2, 0.25) is 0 Å². The van der Waals surface area contributed by atoms with E-state index in [1.807, 2.05) is 91.0 Å². The molecule has 0 bridgehead atoms. The Morgan fingerprint density at radius 3 is 1.71 bits per heavy atom. The highest BCUT2D eigenvalue weighted by Crippen LogP contribution is 2.47. The van der Waals surface area contributed by atoms with Crippen molar-refractivity contribution in [3.05, 3.63) is 121 Å². The lowest BCUT2D eigenvalue weighted by atomic mass is 9.90. The van der Waals surface area contributed by atoms with Gasteiger partial charge in [-0.1, -0.05) is 103 Å². The molecule has 0 amide bonds. The zero-order valence-corrected chi connectivity index (χ0v) is 22.5. The minimum atomic E-state index is -1.16. The molecule has 6 nitrogen and oxygen atoms in total. The monoisotopic (exact) mass is 554 g/mol. The molecule has 0 heterocycles. The SMILES string of the molecule is O=C(O)COc1cc2ccc(-c3ccccc3)cc2c(-c2cccc3ccc(-c4ccccc4)cc23)c1OCC(=O)O. The van der Waals surface area contributed by atoms with E-state index in [1.54, 1.807) is 6.07 Å². The number of rotatable bonds is 9. The van der Waals surface area contributed by atoms with Crippen LogP contribution < -0.4 is 9.47 Å². The van der Waals surface area contributed by atoms with Gasteiger partial charge in [0.2, 0.25) is 0 Å². The summed E-state index contributed by atoms with van der Waals surface area (Å²) in [6.07, 6.45) is 0. The van der Waals surface area contributed by atoms with Crippen molar-refractivity contribution in [3.63, 3.8) is 0 Å². The molecule has 6 aromatic rings. The van der Waals surface area contributed by atoms with Gasteiger partial charge in [0.1, 0.15) is 0 Å². The van der Waals surface area contributed by atoms with Crippen LogP contribution in [0.4, 0.5) is 0 Å². The van der Waals surface area contributed by atoms with Crippen LogP contribution in [-0.2, 0) is 9.59 Å². The van der Waals surface area contributed by atoms with Crippen molar-refractivity contribution in [1.82, 2.24) is 0 Å². The van der Waals surface area contributed by atoms with Crippen LogP contribution in [0.25, 0.3) is 54.9 Å². The lowest BCUT2D eigenvalue weighted by Crippen LogP contribution is -2.14. The third kappa shape index (κ3) is 5.38. The van der Waals surface area contributed by atoms with Crippen LogP contribution in [0.1, 0.15) is 0 Å². The molecule has 0 saturated carbocycles. The van der Waals surface area contributed by atoms with Crippen LogP contribution in [-0.4, -0.2) is 35.4 Å². The molecule has 42 heavy (non-hydrogen) atoms. The van der Waals surface area contributed by atoms with E-state index in [0.717, 1.165) is 49.4 Å². The first-order valence-electron chi connectivity index (χ1n) is 13.4. The molecule has 2 N–H and O–H groups in total. The quantitative estimate of drug-likeness (QED) is 0.189. The summed E-state index contributed by atoms with van der Waals surface area (Å²) in [4.78, 5) is 23.1. The van der Waals surface area contributed by atoms with Gasteiger partial charge >= 0.3 is 11.9 Å². The number of carboxylic acid groups (broad SMARTS) is 2. The third-order valence-electron chi connectivity index (χ3n) is 7.12. The maximum atomic E-state index is 11.7. The largest absolute Gasteiger partial charge is 0.479 e. The van der Waals surface area contributed by atoms with E-state index in [2.05, 4.69) is 24.3 Å². The second kappa shape index (κ2) is 11.5. The Bertz CT molecular complexity index is 1930. The van der Waals surface area contributed by atoms with Crippen LogP contribution in [0.5, 0.6) is 11.5 Å². The molecule has 0 aliphatic carbocycles. The summed E-state index contributed by atoms with van der Waals surface area (Å²) < 4.78 is 11.6. The summed E-state index contributed by atoms with van der Waals surface area (Å²) in [5.41, 5.74) is 5.51. The second-order valence-corrected chi connectivity index (χ2v) is 9.85. The lowest BCUT2D eigenvalue weighted by molar-refractivity contribution is -0.140. The summed E-state index contributed by atoms with van der Waals surface area (Å²) in [6, 6.07) is 39.9. The molecule has 206 valence electrons. The Morgan fingerprint density at radius 1 is 0.524 bits per heavy atom. The van der Waals surface area contributed by atoms with Crippen molar-refractivity contribution >= 4 is 33.5 Å². The molecule has 0 unspecified atom stereocenters. The Morgan fingerprint density at radius 2 is 1.10 bits per heavy atom. The highest BCUT2D eigenvalue weighted by atomic mass is 16.5. The standard InChI is InChI=1S/C36H26O6/c37-33(38)21-41-32-20-28-17-16-27(24-10-5-2-6-11-24)19-31(28)35(36(32)42-22-34(39)40)29-13-7-12-25-14-15-26(18-30(25)29)23-8-3-1-4-9-23/h1-20H,21-22H2,(H,37,38)(H,39,40). The molecule has 6 rings (SSSR count). The van der Waals surface area contributed by atoms with E-state index < -0.39 is 25.2 Å². The zero-order valence-electron chi connectivity index (χ0n) is 22.5. The first-order valence-corrected chi connectivity index (χ1v) is 13.4. The van der Waals surface area contributed by atoms with Gasteiger partial charge in [0, 0.05) is 5.56 Å². The molecule has 6 heteroatoms. The molecule has 0 fully saturated rings. The first-order chi connectivity index (χ1) is 20.5. The molecule has 6 aromatic carbocycles. The van der Waals surface area contributed by atoms with E-state index >= 15 is 0 Å². The van der Waals surface area contributed by atoms with Crippen molar-refractivity contribution in [1.29, 1.82) is 0 Å². The molecule has 0 aliphatic heterocycles. The van der Waals surface area contributed by atoms with Crippen molar-refractivity contribution in [2.24, 2.45) is 0 Å². The smallest absolute Gasteiger partial charge is 0.341 e. The minimum Gasteiger partial charge on any atom is -0.479 e. The summed E-state index contributed by atoms with van der Waals surface area (Å²) in [5.74, 6) is -1.98. The predicted octanol–water partition coefficient (Wildman–Crippen LogP) is 7.92. The van der Waals surface area contributed by atoms with E-state index in [0.29, 0.717) is 5.56 Å². The molecular formula is C36H26O6. The maximum absolute atomic E-state index is 11.7. The first kappa shape index (κ1) is 26.6. The highest BCUT2D eigenvalue weighted by molar-refractivity contribution is 6.10. The average Bonchev–Trinajstić information content (AvgIpc) is 3.02. The third-order valence-corrected chi connectivity index (χ3v) is 7.12. The molecular weight excluding hydrogens is 528 g/mol. The van der Waals surface area contributed by atoms with E-state index in [-0.39, 0.29) is 11.5 Å². The molecule has 0 atom stereocenters. The van der Waals surface area contributed by atoms with Crippen molar-refractivity contribution in [3.8, 4) is 44.9 Å². The molecule has 0 aliphatic rings. The molecule has 0 aromatic heterocycles. The van der Waals surface area contributed by atoms with Gasteiger partial charge in [-0.25, -0.2) is 9.59 Å². The Hall–Kier alpha value is -5.62. The normalized spacial score (nSPS) is 11.0. The minimum absolute atomic E-state index is 0.157. The van der Waals surface area contributed by atoms with E-state index in [4.69, 9.17) is 9.47 Å². The number of carbonyl (C=O) groups is 2. The summed E-state index contributed by atoms with van der Waals surface area (Å²) in [7, 11) is 0. The van der Waals surface area contributed by atoms with Gasteiger partial charge in [0.15, 0.2) is 24.7 Å². The Kier molecular flexibility index (Phi) is 7.26. The Labute approximate surface area is 242 Å².